The Labute approximate surface area is 130 Å². The van der Waals surface area contributed by atoms with Crippen LogP contribution in [-0.4, -0.2) is 12.6 Å². The maximum Gasteiger partial charge on any atom is 0.119 e. The van der Waals surface area contributed by atoms with E-state index in [9.17, 15) is 0 Å². The zero-order chi connectivity index (χ0) is 15.1. The predicted molar refractivity (Wildman–Crippen MR) is 89.8 cm³/mol. The maximum atomic E-state index is 5.65. The fourth-order valence-electron chi connectivity index (χ4n) is 3.18. The van der Waals surface area contributed by atoms with Crippen molar-refractivity contribution in [1.29, 1.82) is 0 Å². The molecule has 0 saturated heterocycles. The molecule has 2 heteroatoms. The zero-order valence-electron chi connectivity index (χ0n) is 13.9. The fraction of sp³-hybridized carbons (Fsp3) is 0.684. The molecule has 2 nitrogen and oxygen atoms in total. The summed E-state index contributed by atoms with van der Waals surface area (Å²) in [4.78, 5) is 0. The van der Waals surface area contributed by atoms with Gasteiger partial charge in [0.05, 0.1) is 6.61 Å². The van der Waals surface area contributed by atoms with Gasteiger partial charge in [0, 0.05) is 12.1 Å². The lowest BCUT2D eigenvalue weighted by atomic mass is 10.0. The van der Waals surface area contributed by atoms with Crippen LogP contribution in [0.5, 0.6) is 5.75 Å². The highest BCUT2D eigenvalue weighted by Crippen LogP contribution is 2.25. The molecule has 1 N–H and O–H groups in total. The smallest absolute Gasteiger partial charge is 0.119 e. The molecule has 118 valence electrons. The van der Waals surface area contributed by atoms with Crippen LogP contribution < -0.4 is 10.1 Å². The summed E-state index contributed by atoms with van der Waals surface area (Å²) >= 11 is 0. The Bertz CT molecular complexity index is 401. The van der Waals surface area contributed by atoms with Crippen LogP contribution >= 0.6 is 0 Å². The van der Waals surface area contributed by atoms with Gasteiger partial charge in [0.2, 0.25) is 0 Å². The van der Waals surface area contributed by atoms with Gasteiger partial charge in [0.1, 0.15) is 5.75 Å². The van der Waals surface area contributed by atoms with Gasteiger partial charge in [-0.3, -0.25) is 0 Å². The van der Waals surface area contributed by atoms with E-state index >= 15 is 0 Å². The summed E-state index contributed by atoms with van der Waals surface area (Å²) in [7, 11) is 0. The minimum Gasteiger partial charge on any atom is -0.494 e. The van der Waals surface area contributed by atoms with E-state index in [1.54, 1.807) is 0 Å². The average molecular weight is 289 g/mol. The van der Waals surface area contributed by atoms with Crippen molar-refractivity contribution in [3.05, 3.63) is 29.8 Å². The molecule has 2 rings (SSSR count). The minimum absolute atomic E-state index is 0.420. The van der Waals surface area contributed by atoms with Crippen molar-refractivity contribution in [2.24, 2.45) is 5.92 Å². The quantitative estimate of drug-likeness (QED) is 0.736. The van der Waals surface area contributed by atoms with Gasteiger partial charge in [0.15, 0.2) is 0 Å². The molecule has 0 heterocycles. The van der Waals surface area contributed by atoms with Crippen molar-refractivity contribution in [3.8, 4) is 5.75 Å². The van der Waals surface area contributed by atoms with Crippen LogP contribution in [-0.2, 0) is 0 Å². The summed E-state index contributed by atoms with van der Waals surface area (Å²) in [6.45, 7) is 7.60. The maximum absolute atomic E-state index is 5.65. The Morgan fingerprint density at radius 3 is 2.62 bits per heavy atom. The molecule has 1 fully saturated rings. The van der Waals surface area contributed by atoms with Gasteiger partial charge in [-0.25, -0.2) is 0 Å². The molecular weight excluding hydrogens is 258 g/mol. The standard InChI is InChI=1S/C19H31NO/c1-4-14-21-19-12-9-17(10-13-19)16(3)20-18-7-5-6-15(2)8-11-18/h9-10,12-13,15-16,18,20H,4-8,11,14H2,1-3H3. The Hall–Kier alpha value is -1.02. The van der Waals surface area contributed by atoms with Crippen LogP contribution in [0, 0.1) is 5.92 Å². The minimum atomic E-state index is 0.420. The largest absolute Gasteiger partial charge is 0.494 e. The first-order valence-corrected chi connectivity index (χ1v) is 8.67. The van der Waals surface area contributed by atoms with E-state index in [1.807, 2.05) is 0 Å². The van der Waals surface area contributed by atoms with E-state index in [0.717, 1.165) is 24.7 Å². The predicted octanol–water partition coefficient (Wildman–Crippen LogP) is 5.09. The van der Waals surface area contributed by atoms with E-state index in [0.29, 0.717) is 12.1 Å². The number of nitrogens with one attached hydrogen (secondary N) is 1. The zero-order valence-corrected chi connectivity index (χ0v) is 13.9. The fourth-order valence-corrected chi connectivity index (χ4v) is 3.18. The van der Waals surface area contributed by atoms with E-state index < -0.39 is 0 Å². The summed E-state index contributed by atoms with van der Waals surface area (Å²) < 4.78 is 5.65. The van der Waals surface area contributed by atoms with Gasteiger partial charge in [-0.15, -0.1) is 0 Å². The number of benzene rings is 1. The number of hydrogen-bond acceptors (Lipinski definition) is 2. The SMILES string of the molecule is CCCOc1ccc(C(C)NC2CCCC(C)CC2)cc1. The molecule has 0 bridgehead atoms. The topological polar surface area (TPSA) is 21.3 Å². The molecule has 1 saturated carbocycles. The van der Waals surface area contributed by atoms with E-state index in [1.165, 1.54) is 37.7 Å². The van der Waals surface area contributed by atoms with Crippen LogP contribution in [0.2, 0.25) is 0 Å². The normalized spacial score (nSPS) is 24.3. The van der Waals surface area contributed by atoms with Crippen LogP contribution in [0.1, 0.15) is 70.9 Å². The second-order valence-electron chi connectivity index (χ2n) is 6.62. The van der Waals surface area contributed by atoms with Crippen molar-refractivity contribution in [3.63, 3.8) is 0 Å². The molecule has 0 amide bonds. The van der Waals surface area contributed by atoms with Gasteiger partial charge < -0.3 is 10.1 Å². The van der Waals surface area contributed by atoms with Crippen LogP contribution in [0.15, 0.2) is 24.3 Å². The third-order valence-electron chi connectivity index (χ3n) is 4.60. The highest BCUT2D eigenvalue weighted by molar-refractivity contribution is 5.29. The summed E-state index contributed by atoms with van der Waals surface area (Å²) in [5.74, 6) is 1.89. The lowest BCUT2D eigenvalue weighted by molar-refractivity contribution is 0.317. The summed E-state index contributed by atoms with van der Waals surface area (Å²) in [6.07, 6.45) is 7.84. The lowest BCUT2D eigenvalue weighted by Gasteiger charge is -2.22. The van der Waals surface area contributed by atoms with Gasteiger partial charge in [-0.2, -0.15) is 0 Å². The van der Waals surface area contributed by atoms with Crippen LogP contribution in [0.3, 0.4) is 0 Å². The second kappa shape index (κ2) is 8.43. The molecule has 0 spiro atoms. The molecule has 0 aliphatic heterocycles. The number of rotatable bonds is 6. The van der Waals surface area contributed by atoms with Crippen molar-refractivity contribution in [2.45, 2.75) is 71.4 Å². The molecule has 3 atom stereocenters. The summed E-state index contributed by atoms with van der Waals surface area (Å²) in [6, 6.07) is 9.69. The number of hydrogen-bond donors (Lipinski definition) is 1. The molecule has 1 aliphatic carbocycles. The van der Waals surface area contributed by atoms with E-state index in [-0.39, 0.29) is 0 Å². The van der Waals surface area contributed by atoms with Crippen molar-refractivity contribution < 1.29 is 4.74 Å². The van der Waals surface area contributed by atoms with E-state index in [2.05, 4.69) is 50.4 Å². The van der Waals surface area contributed by atoms with Crippen molar-refractivity contribution >= 4 is 0 Å². The first-order chi connectivity index (χ1) is 10.2. The molecule has 3 unspecified atom stereocenters. The van der Waals surface area contributed by atoms with E-state index in [4.69, 9.17) is 4.74 Å². The Kier molecular flexibility index (Phi) is 6.56. The Morgan fingerprint density at radius 2 is 1.90 bits per heavy atom. The summed E-state index contributed by atoms with van der Waals surface area (Å²) in [5.41, 5.74) is 1.36. The van der Waals surface area contributed by atoms with Gasteiger partial charge >= 0.3 is 0 Å². The molecule has 0 aromatic heterocycles. The number of ether oxygens (including phenoxy) is 1. The van der Waals surface area contributed by atoms with Crippen molar-refractivity contribution in [2.75, 3.05) is 6.61 Å². The monoisotopic (exact) mass is 289 g/mol. The highest BCUT2D eigenvalue weighted by Gasteiger charge is 2.18. The first kappa shape index (κ1) is 16.4. The molecular formula is C19H31NO. The lowest BCUT2D eigenvalue weighted by Crippen LogP contribution is -2.31. The average Bonchev–Trinajstić information content (AvgIpc) is 2.70. The van der Waals surface area contributed by atoms with Gasteiger partial charge in [-0.1, -0.05) is 38.8 Å². The molecule has 1 aromatic rings. The first-order valence-electron chi connectivity index (χ1n) is 8.67. The van der Waals surface area contributed by atoms with Crippen LogP contribution in [0.4, 0.5) is 0 Å². The Balaban J connectivity index is 1.85. The molecule has 0 radical (unpaired) electrons. The third-order valence-corrected chi connectivity index (χ3v) is 4.60. The van der Waals surface area contributed by atoms with Gasteiger partial charge in [0.25, 0.3) is 0 Å². The molecule has 1 aromatic carbocycles. The van der Waals surface area contributed by atoms with Gasteiger partial charge in [-0.05, 0) is 56.2 Å². The van der Waals surface area contributed by atoms with Crippen LogP contribution in [0.25, 0.3) is 0 Å². The second-order valence-corrected chi connectivity index (χ2v) is 6.62. The highest BCUT2D eigenvalue weighted by atomic mass is 16.5. The molecule has 1 aliphatic rings. The summed E-state index contributed by atoms with van der Waals surface area (Å²) in [5, 5.41) is 3.82. The molecule has 21 heavy (non-hydrogen) atoms. The van der Waals surface area contributed by atoms with Crippen molar-refractivity contribution in [1.82, 2.24) is 5.32 Å². The Morgan fingerprint density at radius 1 is 1.14 bits per heavy atom. The third kappa shape index (κ3) is 5.35.